The molecule has 5 amide bonds. The average molecular weight is 831 g/mol. The monoisotopic (exact) mass is 830 g/mol. The Morgan fingerprint density at radius 2 is 1.58 bits per heavy atom. The molecule has 60 heavy (non-hydrogen) atoms. The number of anilines is 1. The van der Waals surface area contributed by atoms with Gasteiger partial charge < -0.3 is 14.5 Å². The smallest absolute Gasteiger partial charge is 0.262 e. The van der Waals surface area contributed by atoms with E-state index in [0.717, 1.165) is 49.6 Å². The highest BCUT2D eigenvalue weighted by atomic mass is 35.5. The number of piperidine rings is 2. The van der Waals surface area contributed by atoms with Gasteiger partial charge >= 0.3 is 0 Å². The van der Waals surface area contributed by atoms with Gasteiger partial charge in [0.1, 0.15) is 23.7 Å². The first-order valence-corrected chi connectivity index (χ1v) is 20.8. The molecule has 14 heteroatoms. The number of carbonyl (C=O) groups excluding carboxylic acids is 5. The molecule has 5 aliphatic heterocycles. The van der Waals surface area contributed by atoms with E-state index in [1.807, 2.05) is 6.07 Å². The maximum atomic E-state index is 16.1. The average Bonchev–Trinajstić information content (AvgIpc) is 3.64. The van der Waals surface area contributed by atoms with Crippen LogP contribution >= 0.6 is 11.6 Å². The first kappa shape index (κ1) is 39.7. The molecule has 1 saturated carbocycles. The van der Waals surface area contributed by atoms with Crippen LogP contribution in [-0.2, 0) is 16.1 Å². The van der Waals surface area contributed by atoms with Crippen molar-refractivity contribution in [2.45, 2.75) is 84.2 Å². The number of carbonyl (C=O) groups is 5. The maximum Gasteiger partial charge on any atom is 0.262 e. The minimum absolute atomic E-state index is 0.0716. The lowest BCUT2D eigenvalue weighted by atomic mass is 9.49. The Hall–Kier alpha value is -5.76. The number of likely N-dealkylation sites (tertiary alicyclic amines) is 1. The second-order valence-corrected chi connectivity index (χ2v) is 18.4. The highest BCUT2D eigenvalue weighted by Crippen LogP contribution is 2.59. The van der Waals surface area contributed by atoms with Crippen LogP contribution in [0.5, 0.6) is 5.75 Å². The molecule has 0 spiro atoms. The first-order valence-electron chi connectivity index (χ1n) is 20.4. The van der Waals surface area contributed by atoms with Crippen LogP contribution in [0.1, 0.15) is 95.6 Å². The first-order chi connectivity index (χ1) is 28.6. The second-order valence-electron chi connectivity index (χ2n) is 18.0. The van der Waals surface area contributed by atoms with E-state index in [2.05, 4.69) is 59.5 Å². The fraction of sp³-hybridized carbons (Fsp3) is 0.435. The van der Waals surface area contributed by atoms with Gasteiger partial charge in [-0.15, -0.1) is 0 Å². The van der Waals surface area contributed by atoms with Crippen molar-refractivity contribution in [1.82, 2.24) is 20.0 Å². The molecule has 6 aliphatic rings. The molecule has 0 radical (unpaired) electrons. The molecule has 1 aliphatic carbocycles. The Kier molecular flexibility index (Phi) is 9.56. The van der Waals surface area contributed by atoms with E-state index in [9.17, 15) is 24.0 Å². The summed E-state index contributed by atoms with van der Waals surface area (Å²) in [5, 5.41) is 2.55. The van der Waals surface area contributed by atoms with Crippen LogP contribution < -0.4 is 15.0 Å². The summed E-state index contributed by atoms with van der Waals surface area (Å²) in [6.45, 7) is 18.9. The van der Waals surface area contributed by atoms with E-state index in [1.54, 1.807) is 47.4 Å². The van der Waals surface area contributed by atoms with Crippen molar-refractivity contribution < 1.29 is 33.1 Å². The fourth-order valence-corrected chi connectivity index (χ4v) is 11.0. The zero-order chi connectivity index (χ0) is 42.4. The van der Waals surface area contributed by atoms with Gasteiger partial charge in [-0.05, 0) is 74.8 Å². The summed E-state index contributed by atoms with van der Waals surface area (Å²) >= 11 is 6.28. The van der Waals surface area contributed by atoms with Crippen LogP contribution in [0.4, 0.5) is 15.8 Å². The third-order valence-electron chi connectivity index (χ3n) is 13.5. The topological polar surface area (TPSA) is 124 Å². The minimum atomic E-state index is -0.998. The van der Waals surface area contributed by atoms with Gasteiger partial charge in [-0.1, -0.05) is 57.2 Å². The highest BCUT2D eigenvalue weighted by molar-refractivity contribution is 6.33. The SMILES string of the molecule is [C-]#[N+]c1ccc(OC2C(C)(C)C(N3Cc4c(ccc(C#CC5CCN(C6CN(c7ccc8c(c7)C(=O)N(C7CCC(=O)NC7=O)C8=O)C6)CC5)c4F)C3=O)C2(C)C)cc1Cl. The summed E-state index contributed by atoms with van der Waals surface area (Å²) in [5.41, 5.74) is 1.82. The number of rotatable bonds is 6. The Labute approximate surface area is 352 Å². The van der Waals surface area contributed by atoms with Crippen LogP contribution in [0, 0.1) is 41.0 Å². The van der Waals surface area contributed by atoms with E-state index in [-0.39, 0.29) is 54.5 Å². The molecule has 9 rings (SSSR count). The van der Waals surface area contributed by atoms with Gasteiger partial charge in [0.15, 0.2) is 0 Å². The number of amides is 5. The Morgan fingerprint density at radius 1 is 0.883 bits per heavy atom. The normalized spacial score (nSPS) is 24.9. The molecule has 0 bridgehead atoms. The molecule has 1 N–H and O–H groups in total. The third-order valence-corrected chi connectivity index (χ3v) is 13.8. The number of halogens is 2. The van der Waals surface area contributed by atoms with Crippen molar-refractivity contribution in [3.05, 3.63) is 98.6 Å². The lowest BCUT2D eigenvalue weighted by Gasteiger charge is -2.65. The minimum Gasteiger partial charge on any atom is -0.489 e. The van der Waals surface area contributed by atoms with Crippen LogP contribution in [0.15, 0.2) is 48.5 Å². The molecule has 12 nitrogen and oxygen atoms in total. The van der Waals surface area contributed by atoms with Crippen molar-refractivity contribution in [2.75, 3.05) is 31.1 Å². The number of fused-ring (bicyclic) bond motifs is 2. The molecule has 1 unspecified atom stereocenters. The van der Waals surface area contributed by atoms with Gasteiger partial charge in [-0.2, -0.15) is 0 Å². The lowest BCUT2D eigenvalue weighted by Crippen LogP contribution is -2.74. The molecule has 3 aromatic rings. The predicted octanol–water partition coefficient (Wildman–Crippen LogP) is 6.22. The van der Waals surface area contributed by atoms with Crippen LogP contribution in [-0.4, -0.2) is 94.6 Å². The van der Waals surface area contributed by atoms with Gasteiger partial charge in [-0.3, -0.25) is 39.1 Å². The molecular weight excluding hydrogens is 787 g/mol. The summed E-state index contributed by atoms with van der Waals surface area (Å²) in [5.74, 6) is 4.38. The number of benzene rings is 3. The van der Waals surface area contributed by atoms with Crippen molar-refractivity contribution in [3.8, 4) is 17.6 Å². The standard InChI is InChI=1S/C46H44ClFN6O6/c1-45(2)43(46(3,4)44(45)60-29-10-13-35(49-5)34(47)21-29)53-24-33-31(40(53)57)11-8-26(38(33)48)7-6-25-16-18-51(19-17-25)28-22-52(23-28)27-9-12-30-32(20-27)42(59)54(41(30)58)36-14-15-37(55)50-39(36)56/h8-13,20-21,25,28,36,43-44H,14-19,22-24H2,1-4H3,(H,50,55,56). The third kappa shape index (κ3) is 6.33. The van der Waals surface area contributed by atoms with E-state index in [4.69, 9.17) is 22.9 Å². The quantitative estimate of drug-likeness (QED) is 0.177. The lowest BCUT2D eigenvalue weighted by molar-refractivity contribution is -0.199. The van der Waals surface area contributed by atoms with Crippen LogP contribution in [0.25, 0.3) is 4.85 Å². The largest absolute Gasteiger partial charge is 0.489 e. The number of hydrogen-bond donors (Lipinski definition) is 1. The Morgan fingerprint density at radius 3 is 2.27 bits per heavy atom. The Bertz CT molecular complexity index is 2490. The van der Waals surface area contributed by atoms with Gasteiger partial charge in [-0.25, -0.2) is 9.24 Å². The van der Waals surface area contributed by atoms with Crippen molar-refractivity contribution >= 4 is 52.5 Å². The predicted molar refractivity (Wildman–Crippen MR) is 220 cm³/mol. The molecular formula is C46H44ClFN6O6. The molecule has 1 atom stereocenters. The summed E-state index contributed by atoms with van der Waals surface area (Å²) < 4.78 is 22.6. The molecule has 0 aromatic heterocycles. The number of hydrogen-bond acceptors (Lipinski definition) is 8. The molecule has 5 heterocycles. The number of nitrogens with zero attached hydrogens (tertiary/aromatic N) is 5. The summed E-state index contributed by atoms with van der Waals surface area (Å²) in [6.07, 6.45) is 1.61. The zero-order valence-electron chi connectivity index (χ0n) is 33.8. The van der Waals surface area contributed by atoms with Gasteiger partial charge in [0, 0.05) is 65.2 Å². The van der Waals surface area contributed by atoms with Crippen LogP contribution in [0.2, 0.25) is 5.02 Å². The van der Waals surface area contributed by atoms with Crippen molar-refractivity contribution in [1.29, 1.82) is 0 Å². The number of ether oxygens (including phenoxy) is 1. The zero-order valence-corrected chi connectivity index (χ0v) is 34.6. The maximum absolute atomic E-state index is 16.1. The molecule has 4 fully saturated rings. The summed E-state index contributed by atoms with van der Waals surface area (Å²) in [6, 6.07) is 12.6. The van der Waals surface area contributed by atoms with Gasteiger partial charge in [0.25, 0.3) is 17.7 Å². The van der Waals surface area contributed by atoms with E-state index in [1.165, 1.54) is 0 Å². The van der Waals surface area contributed by atoms with E-state index in [0.29, 0.717) is 39.2 Å². The van der Waals surface area contributed by atoms with Crippen molar-refractivity contribution in [3.63, 3.8) is 0 Å². The number of imide groups is 2. The van der Waals surface area contributed by atoms with Gasteiger partial charge in [0.05, 0.1) is 34.8 Å². The summed E-state index contributed by atoms with van der Waals surface area (Å²) in [7, 11) is 0. The van der Waals surface area contributed by atoms with E-state index >= 15 is 4.39 Å². The molecule has 308 valence electrons. The highest BCUT2D eigenvalue weighted by Gasteiger charge is 2.67. The second kappa shape index (κ2) is 14.5. The fourth-order valence-electron chi connectivity index (χ4n) is 10.8. The van der Waals surface area contributed by atoms with Crippen LogP contribution in [0.3, 0.4) is 0 Å². The van der Waals surface area contributed by atoms with Gasteiger partial charge in [0.2, 0.25) is 17.5 Å². The molecule has 3 saturated heterocycles. The van der Waals surface area contributed by atoms with Crippen molar-refractivity contribution in [2.24, 2.45) is 16.7 Å². The Balaban J connectivity index is 0.792. The van der Waals surface area contributed by atoms with E-state index < -0.39 is 46.3 Å². The summed E-state index contributed by atoms with van der Waals surface area (Å²) in [4.78, 5) is 75.1. The number of nitrogens with one attached hydrogen (secondary N) is 1. The molecule has 3 aromatic carbocycles.